The van der Waals surface area contributed by atoms with Crippen molar-refractivity contribution in [2.24, 2.45) is 0 Å². The summed E-state index contributed by atoms with van der Waals surface area (Å²) in [5.41, 5.74) is 3.10. The number of carbonyl (C=O) groups excluding carboxylic acids is 1. The SMILES string of the molecule is CCCCCCCC1c2[nH]c3ccccc3c2CC(C(=O)O)N1C(C)=O. The summed E-state index contributed by atoms with van der Waals surface area (Å²) in [5.74, 6) is -1.09. The van der Waals surface area contributed by atoms with Crippen molar-refractivity contribution in [1.29, 1.82) is 0 Å². The zero-order chi connectivity index (χ0) is 18.7. The molecule has 0 aliphatic carbocycles. The average Bonchev–Trinajstić information content (AvgIpc) is 2.99. The highest BCUT2D eigenvalue weighted by molar-refractivity contribution is 5.89. The van der Waals surface area contributed by atoms with E-state index >= 15 is 0 Å². The van der Waals surface area contributed by atoms with Crippen molar-refractivity contribution in [1.82, 2.24) is 9.88 Å². The molecule has 0 saturated carbocycles. The molecule has 0 saturated heterocycles. The van der Waals surface area contributed by atoms with Crippen LogP contribution < -0.4 is 0 Å². The summed E-state index contributed by atoms with van der Waals surface area (Å²) in [6.45, 7) is 3.67. The number of para-hydroxylation sites is 1. The normalized spacial score (nSPS) is 19.5. The number of rotatable bonds is 7. The molecule has 2 unspecified atom stereocenters. The number of H-pyrrole nitrogens is 1. The van der Waals surface area contributed by atoms with Crippen molar-refractivity contribution < 1.29 is 14.7 Å². The number of nitrogens with zero attached hydrogens (tertiary/aromatic N) is 1. The molecule has 2 aromatic rings. The van der Waals surface area contributed by atoms with Crippen LogP contribution in [0.2, 0.25) is 0 Å². The molecule has 0 bridgehead atoms. The van der Waals surface area contributed by atoms with Gasteiger partial charge >= 0.3 is 5.97 Å². The van der Waals surface area contributed by atoms with Gasteiger partial charge in [0.1, 0.15) is 6.04 Å². The van der Waals surface area contributed by atoms with Crippen molar-refractivity contribution >= 4 is 22.8 Å². The lowest BCUT2D eigenvalue weighted by Crippen LogP contribution is -2.50. The lowest BCUT2D eigenvalue weighted by Gasteiger charge is -2.39. The first-order valence-corrected chi connectivity index (χ1v) is 9.65. The van der Waals surface area contributed by atoms with Gasteiger partial charge < -0.3 is 15.0 Å². The van der Waals surface area contributed by atoms with Crippen molar-refractivity contribution in [2.75, 3.05) is 0 Å². The summed E-state index contributed by atoms with van der Waals surface area (Å²) in [6, 6.07) is 7.02. The van der Waals surface area contributed by atoms with Gasteiger partial charge in [0.05, 0.1) is 6.04 Å². The predicted molar refractivity (Wildman–Crippen MR) is 102 cm³/mol. The van der Waals surface area contributed by atoms with Crippen LogP contribution in [0.4, 0.5) is 0 Å². The summed E-state index contributed by atoms with van der Waals surface area (Å²) >= 11 is 0. The van der Waals surface area contributed by atoms with E-state index in [-0.39, 0.29) is 11.9 Å². The van der Waals surface area contributed by atoms with Gasteiger partial charge in [0.2, 0.25) is 5.91 Å². The van der Waals surface area contributed by atoms with Crippen LogP contribution >= 0.6 is 0 Å². The van der Waals surface area contributed by atoms with Gasteiger partial charge in [0.25, 0.3) is 0 Å². The molecule has 2 atom stereocenters. The fourth-order valence-electron chi connectivity index (χ4n) is 4.24. The molecular weight excluding hydrogens is 328 g/mol. The van der Waals surface area contributed by atoms with E-state index in [1.807, 2.05) is 24.3 Å². The van der Waals surface area contributed by atoms with Crippen LogP contribution in [0.15, 0.2) is 24.3 Å². The molecule has 1 aliphatic heterocycles. The summed E-state index contributed by atoms with van der Waals surface area (Å²) in [6.07, 6.45) is 6.87. The number of hydrogen-bond donors (Lipinski definition) is 2. The van der Waals surface area contributed by atoms with Gasteiger partial charge in [0.15, 0.2) is 0 Å². The maximum Gasteiger partial charge on any atom is 0.326 e. The average molecular weight is 356 g/mol. The Labute approximate surface area is 154 Å². The molecule has 1 amide bonds. The van der Waals surface area contributed by atoms with Gasteiger partial charge in [-0.05, 0) is 18.1 Å². The van der Waals surface area contributed by atoms with E-state index in [1.165, 1.54) is 26.2 Å². The van der Waals surface area contributed by atoms with E-state index in [0.717, 1.165) is 41.4 Å². The van der Waals surface area contributed by atoms with Gasteiger partial charge in [-0.25, -0.2) is 4.79 Å². The monoisotopic (exact) mass is 356 g/mol. The number of aromatic nitrogens is 1. The van der Waals surface area contributed by atoms with E-state index in [2.05, 4.69) is 11.9 Å². The lowest BCUT2D eigenvalue weighted by atomic mass is 9.89. The molecule has 0 fully saturated rings. The molecule has 140 valence electrons. The van der Waals surface area contributed by atoms with Gasteiger partial charge in [-0.15, -0.1) is 0 Å². The Morgan fingerprint density at radius 3 is 2.62 bits per heavy atom. The Morgan fingerprint density at radius 2 is 1.92 bits per heavy atom. The molecule has 1 aliphatic rings. The van der Waals surface area contributed by atoms with Crippen molar-refractivity contribution in [3.63, 3.8) is 0 Å². The minimum Gasteiger partial charge on any atom is -0.480 e. The number of fused-ring (bicyclic) bond motifs is 3. The Hall–Kier alpha value is -2.30. The molecule has 1 aromatic heterocycles. The molecule has 1 aromatic carbocycles. The van der Waals surface area contributed by atoms with E-state index < -0.39 is 12.0 Å². The first-order valence-electron chi connectivity index (χ1n) is 9.65. The molecule has 5 nitrogen and oxygen atoms in total. The van der Waals surface area contributed by atoms with Crippen LogP contribution in [-0.2, 0) is 16.0 Å². The number of benzene rings is 1. The highest BCUT2D eigenvalue weighted by Gasteiger charge is 2.41. The van der Waals surface area contributed by atoms with Gasteiger partial charge in [-0.1, -0.05) is 57.2 Å². The maximum atomic E-state index is 12.3. The molecule has 26 heavy (non-hydrogen) atoms. The number of unbranched alkanes of at least 4 members (excludes halogenated alkanes) is 4. The number of amides is 1. The number of hydrogen-bond acceptors (Lipinski definition) is 2. The molecule has 0 radical (unpaired) electrons. The highest BCUT2D eigenvalue weighted by atomic mass is 16.4. The fourth-order valence-corrected chi connectivity index (χ4v) is 4.24. The summed E-state index contributed by atoms with van der Waals surface area (Å²) in [5, 5.41) is 10.8. The Morgan fingerprint density at radius 1 is 1.19 bits per heavy atom. The molecule has 5 heteroatoms. The maximum absolute atomic E-state index is 12.3. The topological polar surface area (TPSA) is 73.4 Å². The minimum absolute atomic E-state index is 0.166. The molecule has 0 spiro atoms. The second-order valence-corrected chi connectivity index (χ2v) is 7.27. The van der Waals surface area contributed by atoms with Crippen LogP contribution in [0.3, 0.4) is 0 Å². The van der Waals surface area contributed by atoms with Crippen molar-refractivity contribution in [3.8, 4) is 0 Å². The van der Waals surface area contributed by atoms with E-state index in [9.17, 15) is 14.7 Å². The van der Waals surface area contributed by atoms with Crippen molar-refractivity contribution in [3.05, 3.63) is 35.5 Å². The fraction of sp³-hybridized carbons (Fsp3) is 0.524. The second-order valence-electron chi connectivity index (χ2n) is 7.27. The number of aliphatic carboxylic acids is 1. The minimum atomic E-state index is -0.924. The Bertz CT molecular complexity index is 796. The number of nitrogens with one attached hydrogen (secondary N) is 1. The molecule has 2 N–H and O–H groups in total. The third-order valence-electron chi connectivity index (χ3n) is 5.48. The Kier molecular flexibility index (Phi) is 5.64. The smallest absolute Gasteiger partial charge is 0.326 e. The first kappa shape index (κ1) is 18.5. The van der Waals surface area contributed by atoms with E-state index in [0.29, 0.717) is 6.42 Å². The quantitative estimate of drug-likeness (QED) is 0.721. The van der Waals surface area contributed by atoms with Crippen LogP contribution in [0, 0.1) is 0 Å². The zero-order valence-corrected chi connectivity index (χ0v) is 15.6. The lowest BCUT2D eigenvalue weighted by molar-refractivity contribution is -0.152. The predicted octanol–water partition coefficient (Wildman–Crippen LogP) is 4.43. The van der Waals surface area contributed by atoms with E-state index in [1.54, 1.807) is 4.90 Å². The van der Waals surface area contributed by atoms with E-state index in [4.69, 9.17) is 0 Å². The first-order chi connectivity index (χ1) is 12.5. The second kappa shape index (κ2) is 7.94. The largest absolute Gasteiger partial charge is 0.480 e. The third kappa shape index (κ3) is 3.48. The van der Waals surface area contributed by atoms with Crippen LogP contribution in [0.25, 0.3) is 10.9 Å². The molecule has 2 heterocycles. The van der Waals surface area contributed by atoms with Crippen LogP contribution in [-0.4, -0.2) is 32.9 Å². The summed E-state index contributed by atoms with van der Waals surface area (Å²) in [4.78, 5) is 29.3. The zero-order valence-electron chi connectivity index (χ0n) is 15.6. The number of aromatic amines is 1. The van der Waals surface area contributed by atoms with Crippen LogP contribution in [0.5, 0.6) is 0 Å². The highest BCUT2D eigenvalue weighted by Crippen LogP contribution is 2.40. The van der Waals surface area contributed by atoms with Crippen molar-refractivity contribution in [2.45, 2.75) is 70.9 Å². The Balaban J connectivity index is 1.96. The summed E-state index contributed by atoms with van der Waals surface area (Å²) in [7, 11) is 0. The van der Waals surface area contributed by atoms with Gasteiger partial charge in [-0.2, -0.15) is 0 Å². The van der Waals surface area contributed by atoms with Gasteiger partial charge in [-0.3, -0.25) is 4.79 Å². The van der Waals surface area contributed by atoms with Crippen LogP contribution in [0.1, 0.15) is 69.7 Å². The number of carboxylic acid groups (broad SMARTS) is 1. The number of carbonyl (C=O) groups is 2. The molecule has 3 rings (SSSR count). The third-order valence-corrected chi connectivity index (χ3v) is 5.48. The standard InChI is InChI=1S/C21H28N2O3/c1-3-4-5-6-7-12-18-20-16(15-10-8-9-11-17(15)22-20)13-19(21(25)26)23(18)14(2)24/h8-11,18-19,22H,3-7,12-13H2,1-2H3,(H,25,26). The van der Waals surface area contributed by atoms with Gasteiger partial charge in [0, 0.05) is 29.9 Å². The summed E-state index contributed by atoms with van der Waals surface area (Å²) < 4.78 is 0. The molecular formula is C21H28N2O3. The number of carboxylic acids is 1.